The van der Waals surface area contributed by atoms with E-state index >= 15 is 0 Å². The maximum atomic E-state index is 11.6. The second-order valence-corrected chi connectivity index (χ2v) is 6.67. The summed E-state index contributed by atoms with van der Waals surface area (Å²) in [6, 6.07) is 5.66. The fraction of sp³-hybridized carbons (Fsp3) is 0.562. The molecule has 0 atom stereocenters. The van der Waals surface area contributed by atoms with Gasteiger partial charge in [0.05, 0.1) is 15.5 Å². The Morgan fingerprint density at radius 1 is 1.29 bits per heavy atom. The van der Waals surface area contributed by atoms with Gasteiger partial charge < -0.3 is 5.11 Å². The Balaban J connectivity index is 1.97. The summed E-state index contributed by atoms with van der Waals surface area (Å²) in [6.07, 6.45) is 3.12. The first-order valence-electron chi connectivity index (χ1n) is 7.36. The van der Waals surface area contributed by atoms with Crippen molar-refractivity contribution in [1.29, 1.82) is 0 Å². The molecule has 1 saturated heterocycles. The van der Waals surface area contributed by atoms with Gasteiger partial charge in [0.1, 0.15) is 0 Å². The first-order valence-corrected chi connectivity index (χ1v) is 8.12. The van der Waals surface area contributed by atoms with Crippen LogP contribution in [0.1, 0.15) is 38.2 Å². The van der Waals surface area contributed by atoms with Crippen molar-refractivity contribution in [2.24, 2.45) is 5.41 Å². The summed E-state index contributed by atoms with van der Waals surface area (Å²) >= 11 is 12.0. The average molecular weight is 330 g/mol. The van der Waals surface area contributed by atoms with Crippen LogP contribution in [0, 0.1) is 5.41 Å². The number of carboxylic acid groups (broad SMARTS) is 1. The van der Waals surface area contributed by atoms with Crippen LogP contribution in [0.3, 0.4) is 0 Å². The van der Waals surface area contributed by atoms with Crippen molar-refractivity contribution in [3.05, 3.63) is 33.8 Å². The number of likely N-dealkylation sites (tertiary alicyclic amines) is 1. The molecule has 5 heteroatoms. The number of rotatable bonds is 5. The van der Waals surface area contributed by atoms with Crippen LogP contribution in [-0.4, -0.2) is 29.1 Å². The van der Waals surface area contributed by atoms with Crippen LogP contribution in [-0.2, 0) is 11.3 Å². The van der Waals surface area contributed by atoms with Crippen molar-refractivity contribution in [1.82, 2.24) is 4.90 Å². The summed E-state index contributed by atoms with van der Waals surface area (Å²) < 4.78 is 0. The molecule has 1 aromatic rings. The molecular formula is C16H21Cl2NO2. The Bertz CT molecular complexity index is 511. The second-order valence-electron chi connectivity index (χ2n) is 5.86. The monoisotopic (exact) mass is 329 g/mol. The zero-order valence-corrected chi connectivity index (χ0v) is 13.8. The molecule has 116 valence electrons. The van der Waals surface area contributed by atoms with E-state index < -0.39 is 11.4 Å². The van der Waals surface area contributed by atoms with E-state index in [4.69, 9.17) is 23.2 Å². The number of carboxylic acids is 1. The standard InChI is InChI=1S/C16H21Cl2NO2/c1-2-5-16(15(20)21)6-8-19(9-7-16)11-12-3-4-13(17)14(18)10-12/h3-4,10H,2,5-9,11H2,1H3,(H,20,21). The Morgan fingerprint density at radius 2 is 1.95 bits per heavy atom. The number of nitrogens with zero attached hydrogens (tertiary/aromatic N) is 1. The highest BCUT2D eigenvalue weighted by Crippen LogP contribution is 2.37. The van der Waals surface area contributed by atoms with Gasteiger partial charge in [0.15, 0.2) is 0 Å². The van der Waals surface area contributed by atoms with Gasteiger partial charge in [-0.15, -0.1) is 0 Å². The zero-order chi connectivity index (χ0) is 15.5. The van der Waals surface area contributed by atoms with Crippen LogP contribution in [0.15, 0.2) is 18.2 Å². The third-order valence-electron chi connectivity index (χ3n) is 4.39. The molecule has 0 radical (unpaired) electrons. The molecule has 0 spiro atoms. The van der Waals surface area contributed by atoms with Gasteiger partial charge in [-0.3, -0.25) is 9.69 Å². The Hall–Kier alpha value is -0.770. The minimum absolute atomic E-state index is 0.525. The van der Waals surface area contributed by atoms with E-state index in [1.807, 2.05) is 25.1 Å². The molecule has 1 aliphatic rings. The van der Waals surface area contributed by atoms with Gasteiger partial charge in [-0.2, -0.15) is 0 Å². The minimum Gasteiger partial charge on any atom is -0.481 e. The summed E-state index contributed by atoms with van der Waals surface area (Å²) in [5.41, 5.74) is 0.589. The summed E-state index contributed by atoms with van der Waals surface area (Å²) in [7, 11) is 0. The van der Waals surface area contributed by atoms with Crippen molar-refractivity contribution in [3.8, 4) is 0 Å². The molecule has 0 bridgehead atoms. The van der Waals surface area contributed by atoms with Crippen molar-refractivity contribution in [3.63, 3.8) is 0 Å². The molecule has 0 unspecified atom stereocenters. The van der Waals surface area contributed by atoms with Crippen molar-refractivity contribution in [2.45, 2.75) is 39.2 Å². The van der Waals surface area contributed by atoms with Gasteiger partial charge in [0.25, 0.3) is 0 Å². The summed E-state index contributed by atoms with van der Waals surface area (Å²) in [6.45, 7) is 4.46. The Kier molecular flexibility index (Phi) is 5.53. The van der Waals surface area contributed by atoms with Crippen LogP contribution in [0.5, 0.6) is 0 Å². The van der Waals surface area contributed by atoms with E-state index in [0.29, 0.717) is 10.0 Å². The maximum Gasteiger partial charge on any atom is 0.309 e. The third kappa shape index (κ3) is 3.91. The highest BCUT2D eigenvalue weighted by atomic mass is 35.5. The zero-order valence-electron chi connectivity index (χ0n) is 12.2. The van der Waals surface area contributed by atoms with Gasteiger partial charge in [0.2, 0.25) is 0 Å². The molecule has 0 amide bonds. The third-order valence-corrected chi connectivity index (χ3v) is 5.12. The lowest BCUT2D eigenvalue weighted by atomic mass is 9.75. The normalized spacial score (nSPS) is 18.6. The van der Waals surface area contributed by atoms with Gasteiger partial charge >= 0.3 is 5.97 Å². The lowest BCUT2D eigenvalue weighted by Gasteiger charge is -2.38. The highest BCUT2D eigenvalue weighted by Gasteiger charge is 2.40. The molecule has 2 rings (SSSR count). The van der Waals surface area contributed by atoms with Gasteiger partial charge in [-0.25, -0.2) is 0 Å². The van der Waals surface area contributed by atoms with E-state index in [9.17, 15) is 9.90 Å². The molecule has 1 heterocycles. The first-order chi connectivity index (χ1) is 9.97. The summed E-state index contributed by atoms with van der Waals surface area (Å²) in [5, 5.41) is 10.6. The molecular weight excluding hydrogens is 309 g/mol. The lowest BCUT2D eigenvalue weighted by Crippen LogP contribution is -2.44. The molecule has 3 nitrogen and oxygen atoms in total. The van der Waals surface area contributed by atoms with Crippen molar-refractivity contribution >= 4 is 29.2 Å². The average Bonchev–Trinajstić information content (AvgIpc) is 2.45. The van der Waals surface area contributed by atoms with Gasteiger partial charge in [-0.1, -0.05) is 42.6 Å². The molecule has 1 fully saturated rings. The number of carbonyl (C=O) groups is 1. The quantitative estimate of drug-likeness (QED) is 0.866. The summed E-state index contributed by atoms with van der Waals surface area (Å²) in [4.78, 5) is 13.9. The predicted molar refractivity (Wildman–Crippen MR) is 85.9 cm³/mol. The fourth-order valence-electron chi connectivity index (χ4n) is 3.08. The van der Waals surface area contributed by atoms with Crippen LogP contribution in [0.4, 0.5) is 0 Å². The van der Waals surface area contributed by atoms with E-state index in [1.165, 1.54) is 0 Å². The lowest BCUT2D eigenvalue weighted by molar-refractivity contribution is -0.152. The molecule has 1 aliphatic heterocycles. The van der Waals surface area contributed by atoms with Gasteiger partial charge in [-0.05, 0) is 50.0 Å². The van der Waals surface area contributed by atoms with E-state index in [2.05, 4.69) is 4.90 Å². The van der Waals surface area contributed by atoms with Crippen molar-refractivity contribution in [2.75, 3.05) is 13.1 Å². The first kappa shape index (κ1) is 16.6. The molecule has 1 aromatic carbocycles. The number of hydrogen-bond acceptors (Lipinski definition) is 2. The fourth-order valence-corrected chi connectivity index (χ4v) is 3.41. The number of hydrogen-bond donors (Lipinski definition) is 1. The minimum atomic E-state index is -0.640. The van der Waals surface area contributed by atoms with Crippen LogP contribution >= 0.6 is 23.2 Å². The Labute approximate surface area is 135 Å². The molecule has 0 aliphatic carbocycles. The van der Waals surface area contributed by atoms with E-state index in [1.54, 1.807) is 0 Å². The smallest absolute Gasteiger partial charge is 0.309 e. The van der Waals surface area contributed by atoms with Crippen LogP contribution in [0.2, 0.25) is 10.0 Å². The van der Waals surface area contributed by atoms with Crippen LogP contribution < -0.4 is 0 Å². The molecule has 0 saturated carbocycles. The number of aliphatic carboxylic acids is 1. The largest absolute Gasteiger partial charge is 0.481 e. The highest BCUT2D eigenvalue weighted by molar-refractivity contribution is 6.42. The van der Waals surface area contributed by atoms with Gasteiger partial charge in [0, 0.05) is 6.54 Å². The topological polar surface area (TPSA) is 40.5 Å². The summed E-state index contributed by atoms with van der Waals surface area (Å²) in [5.74, 6) is -0.640. The van der Waals surface area contributed by atoms with E-state index in [-0.39, 0.29) is 0 Å². The van der Waals surface area contributed by atoms with Crippen LogP contribution in [0.25, 0.3) is 0 Å². The number of piperidine rings is 1. The SMILES string of the molecule is CCCC1(C(=O)O)CCN(Cc2ccc(Cl)c(Cl)c2)CC1. The molecule has 21 heavy (non-hydrogen) atoms. The number of halogens is 2. The maximum absolute atomic E-state index is 11.6. The van der Waals surface area contributed by atoms with E-state index in [0.717, 1.165) is 50.9 Å². The number of benzene rings is 1. The Morgan fingerprint density at radius 3 is 2.48 bits per heavy atom. The predicted octanol–water partition coefficient (Wildman–Crippen LogP) is 4.46. The van der Waals surface area contributed by atoms with Crippen molar-refractivity contribution < 1.29 is 9.90 Å². The molecule has 0 aromatic heterocycles. The molecule has 1 N–H and O–H groups in total. The second kappa shape index (κ2) is 6.99.